The lowest BCUT2D eigenvalue weighted by atomic mass is 9.98. The molecule has 4 amide bonds. The van der Waals surface area contributed by atoms with Crippen LogP contribution in [0.3, 0.4) is 0 Å². The van der Waals surface area contributed by atoms with Crippen LogP contribution in [-0.2, 0) is 26.2 Å². The third-order valence-corrected chi connectivity index (χ3v) is 12.1. The Kier molecular flexibility index (Phi) is 10.6. The van der Waals surface area contributed by atoms with Crippen LogP contribution < -0.4 is 14.8 Å². The predicted octanol–water partition coefficient (Wildman–Crippen LogP) is 3.30. The number of carboxylic acid groups (broad SMARTS) is 1. The van der Waals surface area contributed by atoms with Gasteiger partial charge in [-0.15, -0.1) is 0 Å². The van der Waals surface area contributed by atoms with Crippen LogP contribution in [0.25, 0.3) is 0 Å². The Labute approximate surface area is 298 Å². The number of rotatable bonds is 10. The maximum absolute atomic E-state index is 13.6. The first-order chi connectivity index (χ1) is 24.2. The Morgan fingerprint density at radius 1 is 0.980 bits per heavy atom. The minimum Gasteiger partial charge on any atom is -0.492 e. The van der Waals surface area contributed by atoms with Crippen molar-refractivity contribution in [1.29, 1.82) is 0 Å². The van der Waals surface area contributed by atoms with Crippen LogP contribution in [0.2, 0.25) is 0 Å². The number of likely N-dealkylation sites (tertiary alicyclic amines) is 1. The number of nitrogens with zero attached hydrogens (tertiary/aromatic N) is 4. The Balaban J connectivity index is 0.968. The molecular weight excluding hydrogens is 678 g/mol. The quantitative estimate of drug-likeness (QED) is 0.347. The molecule has 1 atom stereocenters. The average Bonchev–Trinajstić information content (AvgIpc) is 3.41. The van der Waals surface area contributed by atoms with Crippen LogP contribution in [0, 0.1) is 0 Å². The maximum atomic E-state index is 13.6. The van der Waals surface area contributed by atoms with Gasteiger partial charge in [-0.05, 0) is 77.1 Å². The lowest BCUT2D eigenvalue weighted by Gasteiger charge is -2.43. The Hall–Kier alpha value is -4.21. The zero-order chi connectivity index (χ0) is 36.5. The van der Waals surface area contributed by atoms with Gasteiger partial charge in [0.15, 0.2) is 0 Å². The van der Waals surface area contributed by atoms with Crippen LogP contribution in [0.4, 0.5) is 4.79 Å². The van der Waals surface area contributed by atoms with Crippen LogP contribution >= 0.6 is 0 Å². The van der Waals surface area contributed by atoms with E-state index in [4.69, 9.17) is 9.47 Å². The van der Waals surface area contributed by atoms with Gasteiger partial charge in [-0.1, -0.05) is 12.1 Å². The van der Waals surface area contributed by atoms with E-state index in [1.807, 2.05) is 26.8 Å². The highest BCUT2D eigenvalue weighted by molar-refractivity contribution is 7.89. The number of fused-ring (bicyclic) bond motifs is 1. The van der Waals surface area contributed by atoms with E-state index in [-0.39, 0.29) is 54.9 Å². The molecule has 3 fully saturated rings. The molecule has 51 heavy (non-hydrogen) atoms. The van der Waals surface area contributed by atoms with Crippen molar-refractivity contribution in [2.24, 2.45) is 0 Å². The van der Waals surface area contributed by atoms with Crippen LogP contribution in [0.1, 0.15) is 75.2 Å². The minimum absolute atomic E-state index is 0.0723. The number of sulfonamides is 1. The molecule has 276 valence electrons. The Morgan fingerprint density at radius 3 is 2.35 bits per heavy atom. The highest BCUT2D eigenvalue weighted by atomic mass is 32.2. The molecule has 4 aliphatic heterocycles. The van der Waals surface area contributed by atoms with Gasteiger partial charge in [0.05, 0.1) is 11.4 Å². The van der Waals surface area contributed by atoms with Crippen LogP contribution in [0.5, 0.6) is 11.5 Å². The summed E-state index contributed by atoms with van der Waals surface area (Å²) in [5.41, 5.74) is 0.682. The van der Waals surface area contributed by atoms with Gasteiger partial charge in [0, 0.05) is 67.9 Å². The normalized spacial score (nSPS) is 21.4. The summed E-state index contributed by atoms with van der Waals surface area (Å²) in [5, 5.41) is 12.1. The molecule has 0 aromatic heterocycles. The summed E-state index contributed by atoms with van der Waals surface area (Å²) in [6.45, 7) is 8.91. The van der Waals surface area contributed by atoms with Crippen molar-refractivity contribution in [3.05, 3.63) is 53.6 Å². The van der Waals surface area contributed by atoms with Crippen molar-refractivity contribution in [2.75, 3.05) is 39.3 Å². The third kappa shape index (κ3) is 8.00. The standard InChI is InChI=1S/C36H47N5O9S/c1-36(2,3)41(35(45)46)24-12-18-39(19-13-24)51(47,48)27-7-4-6-26(22-27)50-25-14-16-38(17-15-25)20-21-49-31-9-5-8-28-29(31)23-40(34(28)44)30-10-11-32(42)37-33(30)43/h4-9,22,24-25,30H,10-21,23H2,1-3H3,(H,45,46)(H,37,42,43). The third-order valence-electron chi connectivity index (χ3n) is 10.2. The van der Waals surface area contributed by atoms with Gasteiger partial charge >= 0.3 is 6.09 Å². The number of benzene rings is 2. The highest BCUT2D eigenvalue weighted by Crippen LogP contribution is 2.34. The number of amides is 4. The molecule has 2 aromatic carbocycles. The molecular formula is C36H47N5O9S. The maximum Gasteiger partial charge on any atom is 0.407 e. The largest absolute Gasteiger partial charge is 0.492 e. The van der Waals surface area contributed by atoms with E-state index in [1.54, 1.807) is 36.4 Å². The molecule has 0 radical (unpaired) electrons. The van der Waals surface area contributed by atoms with Crippen LogP contribution in [0.15, 0.2) is 47.4 Å². The van der Waals surface area contributed by atoms with Gasteiger partial charge in [-0.3, -0.25) is 24.6 Å². The summed E-state index contributed by atoms with van der Waals surface area (Å²) < 4.78 is 40.9. The van der Waals surface area contributed by atoms with E-state index >= 15 is 0 Å². The van der Waals surface area contributed by atoms with E-state index < -0.39 is 33.6 Å². The Morgan fingerprint density at radius 2 is 1.69 bits per heavy atom. The second-order valence-corrected chi connectivity index (χ2v) is 16.6. The summed E-state index contributed by atoms with van der Waals surface area (Å²) in [4.78, 5) is 54.4. The molecule has 2 aromatic rings. The number of nitrogens with one attached hydrogen (secondary N) is 1. The molecule has 0 bridgehead atoms. The molecule has 15 heteroatoms. The summed E-state index contributed by atoms with van der Waals surface area (Å²) in [6, 6.07) is 11.0. The van der Waals surface area contributed by atoms with Gasteiger partial charge in [-0.25, -0.2) is 13.2 Å². The number of carbonyl (C=O) groups excluding carboxylic acids is 3. The zero-order valence-corrected chi connectivity index (χ0v) is 30.2. The number of ether oxygens (including phenoxy) is 2. The average molecular weight is 726 g/mol. The monoisotopic (exact) mass is 725 g/mol. The number of hydrogen-bond donors (Lipinski definition) is 2. The molecule has 4 heterocycles. The van der Waals surface area contributed by atoms with Crippen molar-refractivity contribution in [2.45, 2.75) is 94.5 Å². The van der Waals surface area contributed by atoms with Crippen molar-refractivity contribution in [1.82, 2.24) is 24.3 Å². The highest BCUT2D eigenvalue weighted by Gasteiger charge is 2.41. The second kappa shape index (κ2) is 14.8. The van der Waals surface area contributed by atoms with E-state index in [9.17, 15) is 32.7 Å². The number of piperidine rings is 3. The Bertz CT molecular complexity index is 1760. The topological polar surface area (TPSA) is 166 Å². The van der Waals surface area contributed by atoms with Crippen molar-refractivity contribution >= 4 is 33.8 Å². The van der Waals surface area contributed by atoms with Crippen molar-refractivity contribution in [3.8, 4) is 11.5 Å². The molecule has 3 saturated heterocycles. The molecule has 0 aliphatic carbocycles. The first-order valence-electron chi connectivity index (χ1n) is 17.6. The summed E-state index contributed by atoms with van der Waals surface area (Å²) in [5.74, 6) is 0.106. The van der Waals surface area contributed by atoms with Crippen LogP contribution in [-0.4, -0.2) is 119 Å². The lowest BCUT2D eigenvalue weighted by molar-refractivity contribution is -0.136. The molecule has 6 rings (SSSR count). The van der Waals surface area contributed by atoms with E-state index in [0.717, 1.165) is 31.5 Å². The molecule has 0 saturated carbocycles. The van der Waals surface area contributed by atoms with Gasteiger partial charge in [0.2, 0.25) is 21.8 Å². The van der Waals surface area contributed by atoms with Crippen molar-refractivity contribution in [3.63, 3.8) is 0 Å². The van der Waals surface area contributed by atoms with E-state index in [0.29, 0.717) is 49.5 Å². The van der Waals surface area contributed by atoms with E-state index in [2.05, 4.69) is 10.2 Å². The van der Waals surface area contributed by atoms with E-state index in [1.165, 1.54) is 14.1 Å². The minimum atomic E-state index is -3.78. The fourth-order valence-electron chi connectivity index (χ4n) is 7.61. The molecule has 0 spiro atoms. The fourth-order valence-corrected chi connectivity index (χ4v) is 9.11. The first kappa shape index (κ1) is 36.6. The van der Waals surface area contributed by atoms with Crippen molar-refractivity contribution < 1.29 is 42.2 Å². The summed E-state index contributed by atoms with van der Waals surface area (Å²) >= 11 is 0. The zero-order valence-electron chi connectivity index (χ0n) is 29.4. The number of hydrogen-bond acceptors (Lipinski definition) is 9. The van der Waals surface area contributed by atoms with Gasteiger partial charge in [0.1, 0.15) is 30.3 Å². The fraction of sp³-hybridized carbons (Fsp3) is 0.556. The van der Waals surface area contributed by atoms with Gasteiger partial charge < -0.3 is 24.4 Å². The molecule has 2 N–H and O–H groups in total. The van der Waals surface area contributed by atoms with Gasteiger partial charge in [0.25, 0.3) is 5.91 Å². The van der Waals surface area contributed by atoms with Gasteiger partial charge in [-0.2, -0.15) is 4.31 Å². The molecule has 1 unspecified atom stereocenters. The molecule has 4 aliphatic rings. The first-order valence-corrected chi connectivity index (χ1v) is 19.1. The summed E-state index contributed by atoms with van der Waals surface area (Å²) in [7, 11) is -3.78. The smallest absolute Gasteiger partial charge is 0.407 e. The SMILES string of the molecule is CC(C)(C)N(C(=O)O)C1CCN(S(=O)(=O)c2cccc(OC3CCN(CCOc4cccc5c4CN(C4CCC(=O)NC4=O)C5=O)CC3)c2)CC1. The molecule has 14 nitrogen and oxygen atoms in total. The predicted molar refractivity (Wildman–Crippen MR) is 186 cm³/mol. The second-order valence-electron chi connectivity index (χ2n) is 14.6. The number of carbonyl (C=O) groups is 4. The summed E-state index contributed by atoms with van der Waals surface area (Å²) in [6.07, 6.45) is 1.81. The number of imide groups is 1. The lowest BCUT2D eigenvalue weighted by Crippen LogP contribution is -2.55.